The van der Waals surface area contributed by atoms with Crippen LogP contribution in [-0.4, -0.2) is 35.7 Å². The fourth-order valence-electron chi connectivity index (χ4n) is 3.45. The van der Waals surface area contributed by atoms with E-state index in [1.165, 1.54) is 12.8 Å². The van der Waals surface area contributed by atoms with E-state index in [9.17, 15) is 5.11 Å². The van der Waals surface area contributed by atoms with Crippen molar-refractivity contribution >= 4 is 5.71 Å². The lowest BCUT2D eigenvalue weighted by atomic mass is 9.93. The van der Waals surface area contributed by atoms with Gasteiger partial charge in [0.25, 0.3) is 0 Å². The van der Waals surface area contributed by atoms with Gasteiger partial charge in [-0.2, -0.15) is 0 Å². The van der Waals surface area contributed by atoms with Crippen molar-refractivity contribution in [2.45, 2.75) is 50.2 Å². The zero-order valence-corrected chi connectivity index (χ0v) is 12.6. The summed E-state index contributed by atoms with van der Waals surface area (Å²) >= 11 is 0. The Balaban J connectivity index is 1.52. The Bertz CT molecular complexity index is 586. The second-order valence-electron chi connectivity index (χ2n) is 6.50. The third-order valence-corrected chi connectivity index (χ3v) is 4.80. The number of benzene rings is 1. The number of ether oxygens (including phenoxy) is 2. The van der Waals surface area contributed by atoms with Crippen LogP contribution in [0.5, 0.6) is 11.5 Å². The van der Waals surface area contributed by atoms with E-state index in [2.05, 4.69) is 5.16 Å². The van der Waals surface area contributed by atoms with Gasteiger partial charge in [-0.05, 0) is 43.9 Å². The van der Waals surface area contributed by atoms with E-state index in [0.29, 0.717) is 12.4 Å². The number of rotatable bonds is 3. The number of aromatic hydroxyl groups is 1. The fourth-order valence-corrected chi connectivity index (χ4v) is 3.45. The lowest BCUT2D eigenvalue weighted by Gasteiger charge is -2.17. The van der Waals surface area contributed by atoms with E-state index in [4.69, 9.17) is 14.3 Å². The number of oxime groups is 1. The first-order valence-corrected chi connectivity index (χ1v) is 8.07. The van der Waals surface area contributed by atoms with Crippen molar-refractivity contribution in [2.24, 2.45) is 5.16 Å². The Morgan fingerprint density at radius 1 is 1.27 bits per heavy atom. The Morgan fingerprint density at radius 3 is 2.91 bits per heavy atom. The second-order valence-corrected chi connectivity index (χ2v) is 6.50. The standard InChI is InChI=1S/C17H21NO4/c19-15-6-5-12(9-16(15)21-13-3-1-2-4-13)14-10-17(22-18-14)7-8-20-11-17/h5-6,9,13,19H,1-4,7-8,10-11H2/t17-/m0/s1. The van der Waals surface area contributed by atoms with Crippen molar-refractivity contribution in [3.8, 4) is 11.5 Å². The van der Waals surface area contributed by atoms with E-state index in [0.717, 1.165) is 43.6 Å². The van der Waals surface area contributed by atoms with E-state index in [1.807, 2.05) is 12.1 Å². The van der Waals surface area contributed by atoms with Crippen LogP contribution in [0.2, 0.25) is 0 Å². The van der Waals surface area contributed by atoms with Crippen LogP contribution < -0.4 is 4.74 Å². The van der Waals surface area contributed by atoms with Gasteiger partial charge < -0.3 is 19.4 Å². The average molecular weight is 303 g/mol. The van der Waals surface area contributed by atoms with Gasteiger partial charge in [-0.1, -0.05) is 5.16 Å². The second kappa shape index (κ2) is 5.47. The van der Waals surface area contributed by atoms with Gasteiger partial charge in [0.05, 0.1) is 25.0 Å². The molecule has 0 bridgehead atoms. The molecule has 0 radical (unpaired) electrons. The molecule has 1 aromatic rings. The largest absolute Gasteiger partial charge is 0.504 e. The third-order valence-electron chi connectivity index (χ3n) is 4.80. The van der Waals surface area contributed by atoms with Gasteiger partial charge in [0.1, 0.15) is 0 Å². The lowest BCUT2D eigenvalue weighted by molar-refractivity contribution is -0.0237. The number of phenolic OH excluding ortho intramolecular Hbond substituents is 1. The molecule has 1 N–H and O–H groups in total. The summed E-state index contributed by atoms with van der Waals surface area (Å²) < 4.78 is 11.4. The molecule has 5 heteroatoms. The molecule has 4 rings (SSSR count). The summed E-state index contributed by atoms with van der Waals surface area (Å²) in [6.45, 7) is 1.33. The molecule has 3 aliphatic rings. The van der Waals surface area contributed by atoms with Crippen molar-refractivity contribution in [1.82, 2.24) is 0 Å². The predicted octanol–water partition coefficient (Wildman–Crippen LogP) is 3.00. The van der Waals surface area contributed by atoms with E-state index < -0.39 is 0 Å². The summed E-state index contributed by atoms with van der Waals surface area (Å²) in [6.07, 6.45) is 6.38. The highest BCUT2D eigenvalue weighted by Gasteiger charge is 2.43. The highest BCUT2D eigenvalue weighted by Crippen LogP contribution is 2.36. The molecule has 2 heterocycles. The van der Waals surface area contributed by atoms with E-state index >= 15 is 0 Å². The molecule has 1 atom stereocenters. The van der Waals surface area contributed by atoms with Crippen LogP contribution in [0, 0.1) is 0 Å². The fraction of sp³-hybridized carbons (Fsp3) is 0.588. The molecule has 1 spiro atoms. The molecule has 22 heavy (non-hydrogen) atoms. The molecule has 1 saturated heterocycles. The molecular formula is C17H21NO4. The summed E-state index contributed by atoms with van der Waals surface area (Å²) in [6, 6.07) is 5.43. The zero-order valence-electron chi connectivity index (χ0n) is 12.6. The average Bonchev–Trinajstić information content (AvgIpc) is 3.25. The van der Waals surface area contributed by atoms with Gasteiger partial charge in [0.2, 0.25) is 0 Å². The van der Waals surface area contributed by atoms with E-state index in [-0.39, 0.29) is 17.5 Å². The summed E-state index contributed by atoms with van der Waals surface area (Å²) in [5, 5.41) is 14.3. The maximum atomic E-state index is 10.0. The minimum Gasteiger partial charge on any atom is -0.504 e. The Hall–Kier alpha value is -1.75. The Labute approximate surface area is 129 Å². The van der Waals surface area contributed by atoms with Crippen LogP contribution in [0.15, 0.2) is 23.4 Å². The minimum absolute atomic E-state index is 0.189. The smallest absolute Gasteiger partial charge is 0.168 e. The zero-order chi connectivity index (χ0) is 15.0. The van der Waals surface area contributed by atoms with Gasteiger partial charge in [-0.15, -0.1) is 0 Å². The molecule has 0 unspecified atom stereocenters. The SMILES string of the molecule is Oc1ccc(C2=NO[C@@]3(CCOC3)C2)cc1OC1CCCC1. The summed E-state index contributed by atoms with van der Waals surface area (Å²) in [5.74, 6) is 0.741. The van der Waals surface area contributed by atoms with Crippen molar-refractivity contribution in [2.75, 3.05) is 13.2 Å². The summed E-state index contributed by atoms with van der Waals surface area (Å²) in [4.78, 5) is 5.63. The number of hydrogen-bond acceptors (Lipinski definition) is 5. The lowest BCUT2D eigenvalue weighted by Crippen LogP contribution is -2.29. The maximum absolute atomic E-state index is 10.0. The Kier molecular flexibility index (Phi) is 3.45. The number of phenols is 1. The van der Waals surface area contributed by atoms with Crippen molar-refractivity contribution < 1.29 is 19.4 Å². The number of hydrogen-bond donors (Lipinski definition) is 1. The van der Waals surface area contributed by atoms with Crippen molar-refractivity contribution in [1.29, 1.82) is 0 Å². The first-order chi connectivity index (χ1) is 10.7. The first kappa shape index (κ1) is 13.9. The van der Waals surface area contributed by atoms with Crippen LogP contribution in [-0.2, 0) is 9.57 Å². The van der Waals surface area contributed by atoms with Gasteiger partial charge in [0.15, 0.2) is 17.1 Å². The number of nitrogens with zero attached hydrogens (tertiary/aromatic N) is 1. The summed E-state index contributed by atoms with van der Waals surface area (Å²) in [7, 11) is 0. The molecule has 1 saturated carbocycles. The third kappa shape index (κ3) is 2.54. The minimum atomic E-state index is -0.278. The molecule has 118 valence electrons. The van der Waals surface area contributed by atoms with Crippen molar-refractivity contribution in [3.05, 3.63) is 23.8 Å². The Morgan fingerprint density at radius 2 is 2.14 bits per heavy atom. The highest BCUT2D eigenvalue weighted by molar-refractivity contribution is 6.02. The van der Waals surface area contributed by atoms with E-state index in [1.54, 1.807) is 6.07 Å². The molecule has 2 aliphatic heterocycles. The first-order valence-electron chi connectivity index (χ1n) is 8.07. The molecule has 1 aromatic carbocycles. The van der Waals surface area contributed by atoms with Crippen LogP contribution in [0.25, 0.3) is 0 Å². The summed E-state index contributed by atoms with van der Waals surface area (Å²) in [5.41, 5.74) is 1.58. The van der Waals surface area contributed by atoms with Gasteiger partial charge in [-0.3, -0.25) is 0 Å². The molecule has 0 aromatic heterocycles. The normalized spacial score (nSPS) is 28.1. The highest BCUT2D eigenvalue weighted by atomic mass is 16.7. The molecule has 2 fully saturated rings. The van der Waals surface area contributed by atoms with Crippen LogP contribution in [0.1, 0.15) is 44.1 Å². The monoisotopic (exact) mass is 303 g/mol. The van der Waals surface area contributed by atoms with Crippen molar-refractivity contribution in [3.63, 3.8) is 0 Å². The van der Waals surface area contributed by atoms with Gasteiger partial charge in [0, 0.05) is 18.4 Å². The predicted molar refractivity (Wildman–Crippen MR) is 81.4 cm³/mol. The molecule has 5 nitrogen and oxygen atoms in total. The van der Waals surface area contributed by atoms with Crippen LogP contribution in [0.4, 0.5) is 0 Å². The van der Waals surface area contributed by atoms with Crippen LogP contribution >= 0.6 is 0 Å². The molecule has 1 aliphatic carbocycles. The topological polar surface area (TPSA) is 60.3 Å². The maximum Gasteiger partial charge on any atom is 0.168 e. The van der Waals surface area contributed by atoms with Gasteiger partial charge >= 0.3 is 0 Å². The quantitative estimate of drug-likeness (QED) is 0.932. The molecule has 0 amide bonds. The molecular weight excluding hydrogens is 282 g/mol. The van der Waals surface area contributed by atoms with Gasteiger partial charge in [-0.25, -0.2) is 0 Å². The van der Waals surface area contributed by atoms with Crippen LogP contribution in [0.3, 0.4) is 0 Å².